The fraction of sp³-hybridized carbons (Fsp3) is 0.0400. The molecule has 0 N–H and O–H groups in total. The quantitative estimate of drug-likeness (QED) is 0.292. The van der Waals surface area contributed by atoms with Crippen LogP contribution in [0.3, 0.4) is 0 Å². The summed E-state index contributed by atoms with van der Waals surface area (Å²) in [6, 6.07) is 29.5. The Morgan fingerprint density at radius 1 is 0.833 bits per heavy atom. The molecule has 3 aromatic carbocycles. The normalized spacial score (nSPS) is 10.6. The predicted molar refractivity (Wildman–Crippen MR) is 126 cm³/mol. The molecule has 5 heteroatoms. The van der Waals surface area contributed by atoms with E-state index in [1.165, 1.54) is 11.8 Å². The van der Waals surface area contributed by atoms with Gasteiger partial charge >= 0.3 is 0 Å². The molecule has 4 aromatic rings. The molecule has 0 aliphatic heterocycles. The van der Waals surface area contributed by atoms with E-state index in [-0.39, 0.29) is 0 Å². The number of halogens is 2. The summed E-state index contributed by atoms with van der Waals surface area (Å²) in [6.07, 6.45) is 0. The van der Waals surface area contributed by atoms with Gasteiger partial charge in [0, 0.05) is 26.9 Å². The van der Waals surface area contributed by atoms with E-state index in [1.54, 1.807) is 0 Å². The first-order valence-electron chi connectivity index (χ1n) is 9.28. The Morgan fingerprint density at radius 2 is 1.53 bits per heavy atom. The Balaban J connectivity index is 1.83. The van der Waals surface area contributed by atoms with E-state index in [0.29, 0.717) is 26.4 Å². The minimum absolute atomic E-state index is 0.550. The van der Waals surface area contributed by atoms with Crippen LogP contribution in [0.25, 0.3) is 22.4 Å². The van der Waals surface area contributed by atoms with E-state index in [2.05, 4.69) is 6.07 Å². The van der Waals surface area contributed by atoms with Crippen molar-refractivity contribution in [2.45, 2.75) is 10.8 Å². The molecule has 0 bridgehead atoms. The summed E-state index contributed by atoms with van der Waals surface area (Å²) in [5, 5.41) is 12.0. The zero-order valence-electron chi connectivity index (χ0n) is 15.8. The van der Waals surface area contributed by atoms with Gasteiger partial charge in [0.05, 0.1) is 11.3 Å². The topological polar surface area (TPSA) is 36.7 Å². The fourth-order valence-electron chi connectivity index (χ4n) is 3.11. The first kappa shape index (κ1) is 20.5. The van der Waals surface area contributed by atoms with Crippen LogP contribution in [-0.2, 0) is 5.75 Å². The third-order valence-electron chi connectivity index (χ3n) is 4.65. The molecule has 0 saturated carbocycles. The first-order chi connectivity index (χ1) is 14.7. The summed E-state index contributed by atoms with van der Waals surface area (Å²) in [6.45, 7) is 0. The van der Waals surface area contributed by atoms with E-state index in [9.17, 15) is 5.26 Å². The number of thioether (sulfide) groups is 1. The number of rotatable bonds is 5. The Bertz CT molecular complexity index is 1220. The number of benzene rings is 3. The first-order valence-corrected chi connectivity index (χ1v) is 11.0. The van der Waals surface area contributed by atoms with Crippen LogP contribution in [0, 0.1) is 11.3 Å². The highest BCUT2D eigenvalue weighted by Crippen LogP contribution is 2.36. The zero-order chi connectivity index (χ0) is 20.9. The van der Waals surface area contributed by atoms with Gasteiger partial charge in [-0.15, -0.1) is 11.8 Å². The van der Waals surface area contributed by atoms with E-state index >= 15 is 0 Å². The highest BCUT2D eigenvalue weighted by Gasteiger charge is 2.16. The number of hydrogen-bond acceptors (Lipinski definition) is 3. The van der Waals surface area contributed by atoms with Crippen LogP contribution in [-0.4, -0.2) is 4.98 Å². The highest BCUT2D eigenvalue weighted by atomic mass is 35.5. The van der Waals surface area contributed by atoms with Crippen molar-refractivity contribution in [1.82, 2.24) is 4.98 Å². The molecule has 30 heavy (non-hydrogen) atoms. The molecule has 4 rings (SSSR count). The van der Waals surface area contributed by atoms with Crippen molar-refractivity contribution in [3.63, 3.8) is 0 Å². The second-order valence-corrected chi connectivity index (χ2v) is 8.41. The average molecular weight is 447 g/mol. The maximum atomic E-state index is 9.97. The van der Waals surface area contributed by atoms with Crippen LogP contribution in [0.5, 0.6) is 0 Å². The number of nitrogens with zero attached hydrogens (tertiary/aromatic N) is 2. The molecule has 1 aromatic heterocycles. The second-order valence-electron chi connectivity index (χ2n) is 6.60. The van der Waals surface area contributed by atoms with Gasteiger partial charge in [-0.25, -0.2) is 4.98 Å². The van der Waals surface area contributed by atoms with Crippen LogP contribution in [0.1, 0.15) is 11.1 Å². The van der Waals surface area contributed by atoms with Crippen LogP contribution in [0.4, 0.5) is 0 Å². The fourth-order valence-corrected chi connectivity index (χ4v) is 4.52. The summed E-state index contributed by atoms with van der Waals surface area (Å²) in [5.74, 6) is 0.625. The van der Waals surface area contributed by atoms with Gasteiger partial charge < -0.3 is 0 Å². The minimum atomic E-state index is 0.550. The lowest BCUT2D eigenvalue weighted by atomic mass is 9.99. The largest absolute Gasteiger partial charge is 0.240 e. The van der Waals surface area contributed by atoms with Gasteiger partial charge in [-0.2, -0.15) is 5.26 Å². The molecule has 0 amide bonds. The van der Waals surface area contributed by atoms with Gasteiger partial charge in [0.2, 0.25) is 0 Å². The maximum Gasteiger partial charge on any atom is 0.115 e. The Kier molecular flexibility index (Phi) is 6.40. The number of aromatic nitrogens is 1. The van der Waals surface area contributed by atoms with Gasteiger partial charge in [0.25, 0.3) is 0 Å². The summed E-state index contributed by atoms with van der Waals surface area (Å²) < 4.78 is 0. The van der Waals surface area contributed by atoms with Crippen molar-refractivity contribution in [2.24, 2.45) is 0 Å². The Morgan fingerprint density at radius 3 is 2.23 bits per heavy atom. The monoisotopic (exact) mass is 446 g/mol. The molecule has 0 radical (unpaired) electrons. The van der Waals surface area contributed by atoms with E-state index in [4.69, 9.17) is 28.2 Å². The van der Waals surface area contributed by atoms with Crippen LogP contribution >= 0.6 is 35.0 Å². The van der Waals surface area contributed by atoms with Gasteiger partial charge in [-0.1, -0.05) is 83.9 Å². The van der Waals surface area contributed by atoms with Crippen LogP contribution < -0.4 is 0 Å². The zero-order valence-corrected chi connectivity index (χ0v) is 18.2. The summed E-state index contributed by atoms with van der Waals surface area (Å²) in [5.41, 5.74) is 5.14. The maximum absolute atomic E-state index is 9.97. The molecular formula is C25H16Cl2N2S. The molecule has 0 atom stereocenters. The third kappa shape index (κ3) is 4.52. The standard InChI is InChI=1S/C25H16Cl2N2S/c26-20-12-10-17(11-13-20)21-14-24(18-6-2-1-3-7-18)29-25(22(21)15-28)30-16-19-8-4-5-9-23(19)27/h1-14H,16H2. The molecule has 0 spiro atoms. The number of nitriles is 1. The van der Waals surface area contributed by atoms with Gasteiger partial charge in [0.15, 0.2) is 0 Å². The van der Waals surface area contributed by atoms with Crippen molar-refractivity contribution >= 4 is 35.0 Å². The molecule has 0 aliphatic carbocycles. The second kappa shape index (κ2) is 9.36. The SMILES string of the molecule is N#Cc1c(-c2ccc(Cl)cc2)cc(-c2ccccc2)nc1SCc1ccccc1Cl. The highest BCUT2D eigenvalue weighted by molar-refractivity contribution is 7.98. The lowest BCUT2D eigenvalue weighted by Crippen LogP contribution is -1.96. The minimum Gasteiger partial charge on any atom is -0.240 e. The number of hydrogen-bond donors (Lipinski definition) is 0. The van der Waals surface area contributed by atoms with Gasteiger partial charge in [-0.3, -0.25) is 0 Å². The van der Waals surface area contributed by atoms with Crippen molar-refractivity contribution in [3.8, 4) is 28.5 Å². The van der Waals surface area contributed by atoms with Crippen molar-refractivity contribution in [1.29, 1.82) is 5.26 Å². The molecule has 0 saturated heterocycles. The van der Waals surface area contributed by atoms with Crippen LogP contribution in [0.15, 0.2) is 90.0 Å². The Hall–Kier alpha value is -2.77. The van der Waals surface area contributed by atoms with Crippen molar-refractivity contribution < 1.29 is 0 Å². The molecule has 1 heterocycles. The van der Waals surface area contributed by atoms with Crippen LogP contribution in [0.2, 0.25) is 10.0 Å². The molecule has 0 unspecified atom stereocenters. The van der Waals surface area contributed by atoms with Crippen molar-refractivity contribution in [2.75, 3.05) is 0 Å². The summed E-state index contributed by atoms with van der Waals surface area (Å²) >= 11 is 13.9. The molecule has 0 fully saturated rings. The van der Waals surface area contributed by atoms with Gasteiger partial charge in [0.1, 0.15) is 11.1 Å². The van der Waals surface area contributed by atoms with E-state index in [1.807, 2.05) is 84.9 Å². The third-order valence-corrected chi connectivity index (χ3v) is 6.29. The van der Waals surface area contributed by atoms with Crippen molar-refractivity contribution in [3.05, 3.63) is 106 Å². The average Bonchev–Trinajstić information content (AvgIpc) is 2.79. The molecule has 146 valence electrons. The summed E-state index contributed by atoms with van der Waals surface area (Å²) in [4.78, 5) is 4.83. The van der Waals surface area contributed by atoms with Gasteiger partial charge in [-0.05, 0) is 35.4 Å². The molecule has 0 aliphatic rings. The van der Waals surface area contributed by atoms with E-state index < -0.39 is 0 Å². The summed E-state index contributed by atoms with van der Waals surface area (Å²) in [7, 11) is 0. The smallest absolute Gasteiger partial charge is 0.115 e. The lowest BCUT2D eigenvalue weighted by Gasteiger charge is -2.13. The molecule has 2 nitrogen and oxygen atoms in total. The van der Waals surface area contributed by atoms with E-state index in [0.717, 1.165) is 27.9 Å². The Labute approximate surface area is 190 Å². The number of pyridine rings is 1. The predicted octanol–water partition coefficient (Wildman–Crippen LogP) is 7.89. The molecular weight excluding hydrogens is 431 g/mol. The lowest BCUT2D eigenvalue weighted by molar-refractivity contribution is 1.12.